The van der Waals surface area contributed by atoms with E-state index in [9.17, 15) is 0 Å². The van der Waals surface area contributed by atoms with E-state index in [0.717, 1.165) is 15.1 Å². The third kappa shape index (κ3) is 1.49. The molecule has 0 N–H and O–H groups in total. The van der Waals surface area contributed by atoms with E-state index in [1.54, 1.807) is 0 Å². The first-order valence-electron chi connectivity index (χ1n) is 4.41. The molecule has 0 aliphatic carbocycles. The minimum absolute atomic E-state index is 0.451. The van der Waals surface area contributed by atoms with E-state index in [1.807, 2.05) is 0 Å². The summed E-state index contributed by atoms with van der Waals surface area (Å²) >= 11 is 10.9. The molecule has 4 aliphatic heterocycles. The molecule has 5 heteroatoms. The van der Waals surface area contributed by atoms with E-state index >= 15 is 0 Å². The molecular weight excluding hydrogens is 256 g/mol. The Morgan fingerprint density at radius 3 is 1.62 bits per heavy atom. The third-order valence-corrected chi connectivity index (χ3v) is 12.1. The van der Waals surface area contributed by atoms with Crippen molar-refractivity contribution in [1.82, 2.24) is 0 Å². The van der Waals surface area contributed by atoms with E-state index in [2.05, 4.69) is 79.6 Å². The highest BCUT2D eigenvalue weighted by molar-refractivity contribution is 8.53. The van der Waals surface area contributed by atoms with E-state index in [-0.39, 0.29) is 0 Å². The monoisotopic (exact) mass is 268 g/mol. The Morgan fingerprint density at radius 1 is 0.846 bits per heavy atom. The van der Waals surface area contributed by atoms with Crippen LogP contribution in [0.15, 0.2) is 0 Å². The predicted molar refractivity (Wildman–Crippen MR) is 71.5 cm³/mol. The Morgan fingerprint density at radius 2 is 1.23 bits per heavy atom. The SMILES string of the molecule is CC1C2SC3(C)SC1SC(C)(S2)S3. The molecule has 4 saturated heterocycles. The predicted octanol–water partition coefficient (Wildman–Crippen LogP) is 4.33. The van der Waals surface area contributed by atoms with Gasteiger partial charge in [-0.1, -0.05) is 6.92 Å². The highest BCUT2D eigenvalue weighted by atomic mass is 32.3. The highest BCUT2D eigenvalue weighted by Crippen LogP contribution is 2.79. The molecule has 0 atom stereocenters. The second-order valence-corrected chi connectivity index (χ2v) is 14.1. The first-order chi connectivity index (χ1) is 6.00. The summed E-state index contributed by atoms with van der Waals surface area (Å²) in [6.07, 6.45) is 0. The molecule has 0 aromatic rings. The van der Waals surface area contributed by atoms with Gasteiger partial charge in [0.15, 0.2) is 0 Å². The van der Waals surface area contributed by atoms with E-state index in [4.69, 9.17) is 0 Å². The molecule has 4 heterocycles. The minimum Gasteiger partial charge on any atom is -0.119 e. The van der Waals surface area contributed by atoms with Crippen molar-refractivity contribution in [2.75, 3.05) is 0 Å². The quantitative estimate of drug-likeness (QED) is 0.639. The summed E-state index contributed by atoms with van der Waals surface area (Å²) in [5.74, 6) is 0.882. The zero-order chi connectivity index (χ0) is 9.27. The topological polar surface area (TPSA) is 0 Å². The molecule has 13 heavy (non-hydrogen) atoms. The maximum atomic E-state index is 2.42. The number of hydrogen-bond acceptors (Lipinski definition) is 5. The molecule has 0 nitrogen and oxygen atoms in total. The largest absolute Gasteiger partial charge is 0.119 e. The fourth-order valence-corrected chi connectivity index (χ4v) is 16.7. The van der Waals surface area contributed by atoms with Crippen LogP contribution in [0.4, 0.5) is 0 Å². The summed E-state index contributed by atoms with van der Waals surface area (Å²) in [5.41, 5.74) is 0. The number of rotatable bonds is 0. The maximum Gasteiger partial charge on any atom is 0.108 e. The Balaban J connectivity index is 1.99. The lowest BCUT2D eigenvalue weighted by Crippen LogP contribution is -2.47. The lowest BCUT2D eigenvalue weighted by molar-refractivity contribution is 0.685. The van der Waals surface area contributed by atoms with Gasteiger partial charge in [-0.25, -0.2) is 0 Å². The molecule has 4 aliphatic rings. The first-order valence-corrected chi connectivity index (χ1v) is 8.75. The number of thioether (sulfide) groups is 5. The lowest BCUT2D eigenvalue weighted by Gasteiger charge is -2.59. The Bertz CT molecular complexity index is 217. The number of hydrogen-bond donors (Lipinski definition) is 0. The molecule has 0 unspecified atom stereocenters. The molecule has 4 fully saturated rings. The molecule has 0 amide bonds. The zero-order valence-electron chi connectivity index (χ0n) is 7.77. The van der Waals surface area contributed by atoms with Crippen LogP contribution in [0, 0.1) is 5.92 Å². The fourth-order valence-electron chi connectivity index (χ4n) is 1.94. The van der Waals surface area contributed by atoms with Crippen LogP contribution in [0.2, 0.25) is 0 Å². The lowest BCUT2D eigenvalue weighted by atomic mass is 10.2. The van der Waals surface area contributed by atoms with Gasteiger partial charge in [0.2, 0.25) is 0 Å². The van der Waals surface area contributed by atoms with Gasteiger partial charge in [0.1, 0.15) is 6.82 Å². The summed E-state index contributed by atoms with van der Waals surface area (Å²) in [4.78, 5) is 0. The molecule has 4 rings (SSSR count). The van der Waals surface area contributed by atoms with Crippen molar-refractivity contribution in [3.63, 3.8) is 0 Å². The van der Waals surface area contributed by atoms with Gasteiger partial charge in [-0.15, -0.1) is 58.8 Å². The summed E-state index contributed by atoms with van der Waals surface area (Å²) in [5, 5.41) is 0. The van der Waals surface area contributed by atoms with E-state index < -0.39 is 0 Å². The molecule has 74 valence electrons. The van der Waals surface area contributed by atoms with Crippen LogP contribution >= 0.6 is 58.8 Å². The van der Waals surface area contributed by atoms with Crippen LogP contribution in [0.1, 0.15) is 20.8 Å². The van der Waals surface area contributed by atoms with Crippen molar-refractivity contribution in [2.24, 2.45) is 5.92 Å². The van der Waals surface area contributed by atoms with Gasteiger partial charge in [-0.2, -0.15) is 0 Å². The Kier molecular flexibility index (Phi) is 2.22. The van der Waals surface area contributed by atoms with Gasteiger partial charge in [0.25, 0.3) is 0 Å². The van der Waals surface area contributed by atoms with Gasteiger partial charge < -0.3 is 0 Å². The van der Waals surface area contributed by atoms with Crippen molar-refractivity contribution in [2.45, 2.75) is 36.8 Å². The van der Waals surface area contributed by atoms with E-state index in [0.29, 0.717) is 6.82 Å². The molecule has 0 aromatic heterocycles. The normalized spacial score (nSPS) is 64.4. The zero-order valence-corrected chi connectivity index (χ0v) is 11.9. The standard InChI is InChI=1S/C8H12S5/c1-4-5-9-7(2)10-6(4)12-8(3,11-5)13-7/h4-6H,1-3H3. The maximum absolute atomic E-state index is 2.42. The summed E-state index contributed by atoms with van der Waals surface area (Å²) in [6.45, 7) is 7.25. The van der Waals surface area contributed by atoms with Gasteiger partial charge in [0, 0.05) is 0 Å². The van der Waals surface area contributed by atoms with Gasteiger partial charge in [0.05, 0.1) is 9.16 Å². The van der Waals surface area contributed by atoms with Crippen LogP contribution in [0.25, 0.3) is 0 Å². The molecule has 4 bridgehead atoms. The highest BCUT2D eigenvalue weighted by Gasteiger charge is 2.60. The van der Waals surface area contributed by atoms with Crippen molar-refractivity contribution >= 4 is 58.8 Å². The summed E-state index contributed by atoms with van der Waals surface area (Å²) in [7, 11) is 0. The van der Waals surface area contributed by atoms with Crippen LogP contribution in [0.5, 0.6) is 0 Å². The van der Waals surface area contributed by atoms with Gasteiger partial charge >= 0.3 is 0 Å². The Labute approximate surface area is 101 Å². The average Bonchev–Trinajstić information content (AvgIpc) is 1.94. The smallest absolute Gasteiger partial charge is 0.108 e. The van der Waals surface area contributed by atoms with Gasteiger partial charge in [-0.05, 0) is 19.8 Å². The molecule has 0 radical (unpaired) electrons. The van der Waals surface area contributed by atoms with Crippen molar-refractivity contribution in [3.05, 3.63) is 0 Å². The third-order valence-electron chi connectivity index (χ3n) is 2.55. The fraction of sp³-hybridized carbons (Fsp3) is 1.00. The van der Waals surface area contributed by atoms with Crippen LogP contribution in [-0.4, -0.2) is 16.0 Å². The summed E-state index contributed by atoms with van der Waals surface area (Å²) in [6, 6.07) is 0. The van der Waals surface area contributed by atoms with Crippen molar-refractivity contribution in [3.8, 4) is 0 Å². The second-order valence-electron chi connectivity index (χ2n) is 3.89. The van der Waals surface area contributed by atoms with Crippen LogP contribution in [-0.2, 0) is 0 Å². The van der Waals surface area contributed by atoms with Crippen molar-refractivity contribution < 1.29 is 0 Å². The van der Waals surface area contributed by atoms with Crippen molar-refractivity contribution in [1.29, 1.82) is 0 Å². The van der Waals surface area contributed by atoms with Gasteiger partial charge in [-0.3, -0.25) is 0 Å². The van der Waals surface area contributed by atoms with Crippen LogP contribution in [0.3, 0.4) is 0 Å². The molecular formula is C8H12S5. The minimum atomic E-state index is 0.451. The van der Waals surface area contributed by atoms with Crippen LogP contribution < -0.4 is 0 Å². The average molecular weight is 269 g/mol. The van der Waals surface area contributed by atoms with E-state index in [1.165, 1.54) is 0 Å². The molecule has 0 aromatic carbocycles. The second kappa shape index (κ2) is 2.90. The molecule has 0 saturated carbocycles. The first kappa shape index (κ1) is 9.94. The summed E-state index contributed by atoms with van der Waals surface area (Å²) < 4.78 is 2.60. The Hall–Kier alpha value is 1.75. The molecule has 0 spiro atoms.